The van der Waals surface area contributed by atoms with Crippen LogP contribution in [0.5, 0.6) is 0 Å². The smallest absolute Gasteiger partial charge is 0.313 e. The van der Waals surface area contributed by atoms with E-state index < -0.39 is 20.6 Å². The predicted octanol–water partition coefficient (Wildman–Crippen LogP) is 4.68. The van der Waals surface area contributed by atoms with Crippen molar-refractivity contribution in [3.8, 4) is 0 Å². The number of ether oxygens (including phenoxy) is 1. The molecule has 0 saturated carbocycles. The van der Waals surface area contributed by atoms with Crippen molar-refractivity contribution in [2.75, 3.05) is 7.11 Å². The number of hydrogen-bond donors (Lipinski definition) is 1. The third-order valence-corrected chi connectivity index (χ3v) is 7.00. The van der Waals surface area contributed by atoms with E-state index in [9.17, 15) is 14.7 Å². The fraction of sp³-hybridized carbons (Fsp3) is 0.727. The van der Waals surface area contributed by atoms with E-state index in [0.717, 1.165) is 0 Å². The van der Waals surface area contributed by atoms with Gasteiger partial charge >= 0.3 is 5.97 Å². The minimum atomic E-state index is -1.23. The van der Waals surface area contributed by atoms with Crippen molar-refractivity contribution in [2.24, 2.45) is 11.3 Å². The third-order valence-electron chi connectivity index (χ3n) is 5.19. The lowest BCUT2D eigenvalue weighted by Crippen LogP contribution is -2.38. The standard InChI is InChI=1S/C22H38O5SSi/c1-15(2)22(25,14-16(23)13-19(24)26-6)11-9-18-17(10-12-28-18)20(21(3,4)5)27-29(7)8/h10,12,15,20,25,29H,9,11,13-14H2,1-8H3. The zero-order chi connectivity index (χ0) is 22.4. The van der Waals surface area contributed by atoms with Gasteiger partial charge in [-0.25, -0.2) is 0 Å². The molecule has 1 aromatic rings. The van der Waals surface area contributed by atoms with Gasteiger partial charge in [-0.3, -0.25) is 9.59 Å². The average molecular weight is 443 g/mol. The molecule has 0 aliphatic carbocycles. The number of hydrogen-bond acceptors (Lipinski definition) is 6. The summed E-state index contributed by atoms with van der Waals surface area (Å²) in [6.07, 6.45) is 0.806. The SMILES string of the molecule is COC(=O)CC(=O)CC(O)(CCc1sccc1C(O[SiH](C)C)C(C)(C)C)C(C)C. The van der Waals surface area contributed by atoms with Crippen LogP contribution in [0.3, 0.4) is 0 Å². The third kappa shape index (κ3) is 7.96. The number of aryl methyl sites for hydroxylation is 1. The Morgan fingerprint density at radius 1 is 1.24 bits per heavy atom. The lowest BCUT2D eigenvalue weighted by atomic mass is 9.80. The van der Waals surface area contributed by atoms with Gasteiger partial charge in [0.2, 0.25) is 0 Å². The Bertz CT molecular complexity index is 677. The summed E-state index contributed by atoms with van der Waals surface area (Å²) in [5.41, 5.74) is 0.00511. The fourth-order valence-electron chi connectivity index (χ4n) is 3.35. The Balaban J connectivity index is 2.98. The summed E-state index contributed by atoms with van der Waals surface area (Å²) in [6.45, 7) is 14.7. The van der Waals surface area contributed by atoms with E-state index in [1.54, 1.807) is 11.3 Å². The summed E-state index contributed by atoms with van der Waals surface area (Å²) in [5.74, 6) is -0.962. The first-order valence-corrected chi connectivity index (χ1v) is 14.0. The van der Waals surface area contributed by atoms with Gasteiger partial charge in [0.1, 0.15) is 12.2 Å². The first kappa shape index (κ1) is 26.0. The van der Waals surface area contributed by atoms with Gasteiger partial charge in [-0.05, 0) is 54.3 Å². The number of methoxy groups -OCH3 is 1. The van der Waals surface area contributed by atoms with Crippen molar-refractivity contribution in [2.45, 2.75) is 85.1 Å². The number of carbonyl (C=O) groups excluding carboxylic acids is 2. The fourth-order valence-corrected chi connectivity index (χ4v) is 5.36. The lowest BCUT2D eigenvalue weighted by molar-refractivity contribution is -0.144. The molecule has 0 bridgehead atoms. The number of carbonyl (C=O) groups is 2. The molecule has 0 amide bonds. The zero-order valence-corrected chi connectivity index (χ0v) is 21.2. The van der Waals surface area contributed by atoms with Crippen LogP contribution in [0.25, 0.3) is 0 Å². The van der Waals surface area contributed by atoms with Gasteiger partial charge in [0.15, 0.2) is 9.04 Å². The van der Waals surface area contributed by atoms with Crippen LogP contribution < -0.4 is 0 Å². The number of ketones is 1. The van der Waals surface area contributed by atoms with E-state index in [1.807, 2.05) is 13.8 Å². The molecule has 2 unspecified atom stereocenters. The van der Waals surface area contributed by atoms with Crippen LogP contribution in [0, 0.1) is 11.3 Å². The molecular formula is C22H38O5SSi. The second-order valence-electron chi connectivity index (χ2n) is 9.46. The lowest BCUT2D eigenvalue weighted by Gasteiger charge is -2.34. The first-order valence-electron chi connectivity index (χ1n) is 10.3. The van der Waals surface area contributed by atoms with Crippen molar-refractivity contribution in [3.63, 3.8) is 0 Å². The molecule has 0 fully saturated rings. The van der Waals surface area contributed by atoms with E-state index in [4.69, 9.17) is 4.43 Å². The molecule has 5 nitrogen and oxygen atoms in total. The number of Topliss-reactive ketones (excluding diaryl/α,β-unsaturated/α-hetero) is 1. The molecule has 1 heterocycles. The molecule has 0 spiro atoms. The van der Waals surface area contributed by atoms with Gasteiger partial charge in [0, 0.05) is 11.3 Å². The molecule has 1 rings (SSSR count). The highest BCUT2D eigenvalue weighted by Gasteiger charge is 2.35. The Morgan fingerprint density at radius 3 is 2.34 bits per heavy atom. The van der Waals surface area contributed by atoms with Gasteiger partial charge in [0.25, 0.3) is 0 Å². The highest BCUT2D eigenvalue weighted by atomic mass is 32.1. The van der Waals surface area contributed by atoms with Crippen molar-refractivity contribution in [3.05, 3.63) is 21.9 Å². The molecule has 1 aromatic heterocycles. The largest absolute Gasteiger partial charge is 0.469 e. The maximum Gasteiger partial charge on any atom is 0.313 e. The molecule has 0 aliphatic heterocycles. The number of rotatable bonds is 11. The molecule has 29 heavy (non-hydrogen) atoms. The van der Waals surface area contributed by atoms with Crippen molar-refractivity contribution in [1.29, 1.82) is 0 Å². The highest BCUT2D eigenvalue weighted by molar-refractivity contribution is 7.10. The summed E-state index contributed by atoms with van der Waals surface area (Å²) in [7, 11) is 0.0267. The van der Waals surface area contributed by atoms with Crippen LogP contribution >= 0.6 is 11.3 Å². The minimum Gasteiger partial charge on any atom is -0.469 e. The topological polar surface area (TPSA) is 72.8 Å². The Labute approximate surface area is 181 Å². The minimum absolute atomic E-state index is 0.0171. The van der Waals surface area contributed by atoms with Crippen molar-refractivity contribution in [1.82, 2.24) is 0 Å². The predicted molar refractivity (Wildman–Crippen MR) is 121 cm³/mol. The highest BCUT2D eigenvalue weighted by Crippen LogP contribution is 2.41. The van der Waals surface area contributed by atoms with Crippen LogP contribution in [0.1, 0.15) is 70.4 Å². The maximum atomic E-state index is 12.2. The molecule has 0 aromatic carbocycles. The van der Waals surface area contributed by atoms with Gasteiger partial charge < -0.3 is 14.3 Å². The number of aliphatic hydroxyl groups is 1. The normalized spacial score (nSPS) is 15.4. The van der Waals surface area contributed by atoms with Crippen LogP contribution in [0.15, 0.2) is 11.4 Å². The quantitative estimate of drug-likeness (QED) is 0.306. The zero-order valence-electron chi connectivity index (χ0n) is 19.2. The van der Waals surface area contributed by atoms with E-state index in [2.05, 4.69) is 50.0 Å². The summed E-state index contributed by atoms with van der Waals surface area (Å²) in [6, 6.07) is 2.13. The molecule has 7 heteroatoms. The second kappa shape index (κ2) is 10.8. The van der Waals surface area contributed by atoms with Gasteiger partial charge in [0.05, 0.1) is 18.8 Å². The molecule has 166 valence electrons. The van der Waals surface area contributed by atoms with Crippen molar-refractivity contribution >= 4 is 32.1 Å². The van der Waals surface area contributed by atoms with Gasteiger partial charge in [-0.1, -0.05) is 34.6 Å². The van der Waals surface area contributed by atoms with Crippen LogP contribution in [-0.4, -0.2) is 38.6 Å². The summed E-state index contributed by atoms with van der Waals surface area (Å²) in [5, 5.41) is 13.3. The summed E-state index contributed by atoms with van der Waals surface area (Å²) in [4.78, 5) is 24.8. The Hall–Kier alpha value is -1.02. The average Bonchev–Trinajstić information content (AvgIpc) is 3.04. The number of thiophene rings is 1. The molecule has 0 saturated heterocycles. The summed E-state index contributed by atoms with van der Waals surface area (Å²) < 4.78 is 10.9. The first-order chi connectivity index (χ1) is 13.3. The Kier molecular flexibility index (Phi) is 9.72. The number of esters is 1. The van der Waals surface area contributed by atoms with E-state index >= 15 is 0 Å². The molecule has 0 radical (unpaired) electrons. The van der Waals surface area contributed by atoms with Crippen LogP contribution in [-0.2, 0) is 25.2 Å². The van der Waals surface area contributed by atoms with E-state index in [-0.39, 0.29) is 36.1 Å². The van der Waals surface area contributed by atoms with E-state index in [1.165, 1.54) is 17.6 Å². The molecule has 1 N–H and O–H groups in total. The van der Waals surface area contributed by atoms with Gasteiger partial charge in [-0.15, -0.1) is 11.3 Å². The molecule has 2 atom stereocenters. The summed E-state index contributed by atoms with van der Waals surface area (Å²) >= 11 is 1.67. The van der Waals surface area contributed by atoms with Crippen LogP contribution in [0.4, 0.5) is 0 Å². The molecule has 0 aliphatic rings. The maximum absolute atomic E-state index is 12.2. The molecular weight excluding hydrogens is 404 g/mol. The van der Waals surface area contributed by atoms with Crippen molar-refractivity contribution < 1.29 is 23.9 Å². The van der Waals surface area contributed by atoms with Crippen LogP contribution in [0.2, 0.25) is 13.1 Å². The second-order valence-corrected chi connectivity index (χ2v) is 12.8. The van der Waals surface area contributed by atoms with E-state index in [0.29, 0.717) is 12.8 Å². The monoisotopic (exact) mass is 442 g/mol. The van der Waals surface area contributed by atoms with Gasteiger partial charge in [-0.2, -0.15) is 0 Å². The Morgan fingerprint density at radius 2 is 1.86 bits per heavy atom.